The number of cyclic esters (lactones) is 1. The highest BCUT2D eigenvalue weighted by Gasteiger charge is 2.62. The number of hydrogen-bond acceptors (Lipinski definition) is 9. The van der Waals surface area contributed by atoms with Crippen molar-refractivity contribution in [1.29, 1.82) is 0 Å². The number of nitrogens with one attached hydrogen (secondary N) is 3. The second-order valence-corrected chi connectivity index (χ2v) is 17.9. The molecule has 1 aromatic heterocycles. The first kappa shape index (κ1) is 38.1. The summed E-state index contributed by atoms with van der Waals surface area (Å²) >= 11 is 0. The van der Waals surface area contributed by atoms with E-state index in [2.05, 4.69) is 21.9 Å². The van der Waals surface area contributed by atoms with Crippen LogP contribution in [0.15, 0.2) is 73.3 Å². The molecule has 0 spiro atoms. The molecular formula is C41H47N5O8S. The number of alkyl carbamates (subject to hydrolysis) is 1. The standard InChI is InChI=1S/C41H47N5O8S/c1-5-28-23-41(28,38(49)45-55(51,52)30-17-18-30)44-35(47)33-22-29-24-46(33)37(48)34(40(2,3)4)43-39(50)53-19-11-7-8-12-25-15-16-27-21-32(26-13-9-6-10-14-26)42-36(54-29)31(27)20-25/h5-6,8-10,12-16,20-21,28-30,33-34H,1,7,11,17-19,22-24H2,2-4H3,(H,43,50)(H,44,47)(H,45,49)/b12-8+/t28-,29-,33+,34-,41-/m1/s1. The maximum atomic E-state index is 14.6. The van der Waals surface area contributed by atoms with Gasteiger partial charge in [0.2, 0.25) is 27.7 Å². The molecule has 2 aliphatic heterocycles. The van der Waals surface area contributed by atoms with Crippen molar-refractivity contribution < 1.29 is 37.1 Å². The molecule has 0 unspecified atom stereocenters. The molecule has 13 nitrogen and oxygen atoms in total. The molecule has 2 saturated carbocycles. The minimum Gasteiger partial charge on any atom is -0.472 e. The number of benzene rings is 2. The lowest BCUT2D eigenvalue weighted by atomic mass is 9.85. The Hall–Kier alpha value is -5.24. The normalized spacial score (nSPS) is 26.5. The predicted octanol–water partition coefficient (Wildman–Crippen LogP) is 4.87. The van der Waals surface area contributed by atoms with Crippen LogP contribution in [0.5, 0.6) is 5.88 Å². The van der Waals surface area contributed by atoms with Crippen molar-refractivity contribution in [2.75, 3.05) is 13.2 Å². The molecule has 1 saturated heterocycles. The van der Waals surface area contributed by atoms with Gasteiger partial charge >= 0.3 is 6.09 Å². The molecule has 4 aliphatic rings. The Kier molecular flexibility index (Phi) is 10.2. The molecule has 3 heterocycles. The third kappa shape index (κ3) is 8.10. The summed E-state index contributed by atoms with van der Waals surface area (Å²) in [5.41, 5.74) is 0.113. The smallest absolute Gasteiger partial charge is 0.407 e. The van der Waals surface area contributed by atoms with Gasteiger partial charge in [0.25, 0.3) is 5.91 Å². The van der Waals surface area contributed by atoms with Crippen molar-refractivity contribution >= 4 is 50.7 Å². The molecule has 2 aromatic carbocycles. The highest BCUT2D eigenvalue weighted by molar-refractivity contribution is 7.91. The van der Waals surface area contributed by atoms with Gasteiger partial charge in [0.05, 0.1) is 24.1 Å². The number of rotatable bonds is 7. The average Bonchev–Trinajstić information content (AvgIpc) is 4.08. The first-order chi connectivity index (χ1) is 26.2. The van der Waals surface area contributed by atoms with Gasteiger partial charge < -0.3 is 25.0 Å². The minimum absolute atomic E-state index is 0.0219. The van der Waals surface area contributed by atoms with E-state index in [9.17, 15) is 27.6 Å². The van der Waals surface area contributed by atoms with Crippen LogP contribution in [0.3, 0.4) is 0 Å². The number of ether oxygens (including phenoxy) is 2. The predicted molar refractivity (Wildman–Crippen MR) is 207 cm³/mol. The summed E-state index contributed by atoms with van der Waals surface area (Å²) in [4.78, 5) is 61.9. The number of amides is 4. The summed E-state index contributed by atoms with van der Waals surface area (Å²) in [6, 6.07) is 15.4. The zero-order valence-corrected chi connectivity index (χ0v) is 32.1. The number of carbonyl (C=O) groups excluding carboxylic acids is 4. The van der Waals surface area contributed by atoms with Crippen LogP contribution in [-0.4, -0.2) is 84.2 Å². The van der Waals surface area contributed by atoms with Crippen molar-refractivity contribution in [3.8, 4) is 17.1 Å². The number of sulfonamides is 1. The van der Waals surface area contributed by atoms with Crippen molar-refractivity contribution in [1.82, 2.24) is 25.2 Å². The van der Waals surface area contributed by atoms with E-state index in [0.717, 1.165) is 21.9 Å². The van der Waals surface area contributed by atoms with Gasteiger partial charge in [-0.3, -0.25) is 19.1 Å². The molecule has 4 bridgehead atoms. The molecule has 3 fully saturated rings. The molecule has 4 amide bonds. The molecule has 290 valence electrons. The lowest BCUT2D eigenvalue weighted by Crippen LogP contribution is -2.60. The molecule has 2 aliphatic carbocycles. The number of pyridine rings is 1. The van der Waals surface area contributed by atoms with Crippen molar-refractivity contribution in [3.05, 3.63) is 78.9 Å². The van der Waals surface area contributed by atoms with Gasteiger partial charge in [0, 0.05) is 23.3 Å². The third-order valence-corrected chi connectivity index (χ3v) is 12.5. The summed E-state index contributed by atoms with van der Waals surface area (Å²) in [6.07, 6.45) is 6.29. The third-order valence-electron chi connectivity index (χ3n) is 10.7. The van der Waals surface area contributed by atoms with E-state index >= 15 is 0 Å². The monoisotopic (exact) mass is 769 g/mol. The topological polar surface area (TPSA) is 173 Å². The molecule has 3 aromatic rings. The van der Waals surface area contributed by atoms with Crippen molar-refractivity contribution in [2.24, 2.45) is 11.3 Å². The van der Waals surface area contributed by atoms with Crippen LogP contribution in [0, 0.1) is 11.3 Å². The molecule has 5 atom stereocenters. The lowest BCUT2D eigenvalue weighted by molar-refractivity contribution is -0.142. The minimum atomic E-state index is -3.91. The lowest BCUT2D eigenvalue weighted by Gasteiger charge is -2.35. The van der Waals surface area contributed by atoms with E-state index in [0.29, 0.717) is 37.3 Å². The molecule has 14 heteroatoms. The molecule has 0 radical (unpaired) electrons. The summed E-state index contributed by atoms with van der Waals surface area (Å²) in [7, 11) is -3.91. The second kappa shape index (κ2) is 14.8. The number of allylic oxidation sites excluding steroid dienone is 1. The van der Waals surface area contributed by atoms with Gasteiger partial charge in [0.15, 0.2) is 0 Å². The molecular weight excluding hydrogens is 723 g/mol. The zero-order valence-electron chi connectivity index (χ0n) is 31.2. The van der Waals surface area contributed by atoms with E-state index in [1.54, 1.807) is 20.8 Å². The van der Waals surface area contributed by atoms with Crippen LogP contribution in [0.25, 0.3) is 28.1 Å². The average molecular weight is 770 g/mol. The zero-order chi connectivity index (χ0) is 39.1. The van der Waals surface area contributed by atoms with E-state index in [-0.39, 0.29) is 26.0 Å². The van der Waals surface area contributed by atoms with Crippen LogP contribution in [0.1, 0.15) is 64.9 Å². The number of fused-ring (bicyclic) bond motifs is 3. The molecule has 55 heavy (non-hydrogen) atoms. The fourth-order valence-corrected chi connectivity index (χ4v) is 8.66. The van der Waals surface area contributed by atoms with Crippen LogP contribution >= 0.6 is 0 Å². The first-order valence-corrected chi connectivity index (χ1v) is 20.3. The Balaban J connectivity index is 1.26. The Morgan fingerprint density at radius 3 is 2.55 bits per heavy atom. The molecule has 7 rings (SSSR count). The summed E-state index contributed by atoms with van der Waals surface area (Å²) in [5.74, 6) is -2.23. The SMILES string of the molecule is C=C[C@@H]1C[C@]1(NC(=O)[C@@H]1C[C@@H]2CN1C(=O)[C@H](C(C)(C)C)NC(=O)OCCC/C=C/c1ccc3cc(-c4ccccc4)nc(c3c1)O2)C(=O)NS(=O)(=O)C1CC1. The fraction of sp³-hybridized carbons (Fsp3) is 0.439. The summed E-state index contributed by atoms with van der Waals surface area (Å²) in [6.45, 7) is 9.27. The van der Waals surface area contributed by atoms with Gasteiger partial charge in [-0.1, -0.05) is 81.5 Å². The fourth-order valence-electron chi connectivity index (χ4n) is 7.30. The Labute approximate surface area is 321 Å². The Morgan fingerprint density at radius 1 is 1.09 bits per heavy atom. The number of aromatic nitrogens is 1. The molecule has 3 N–H and O–H groups in total. The van der Waals surface area contributed by atoms with Crippen LogP contribution in [0.4, 0.5) is 4.79 Å². The Morgan fingerprint density at radius 2 is 1.85 bits per heavy atom. The van der Waals surface area contributed by atoms with Crippen LogP contribution in [0.2, 0.25) is 0 Å². The highest BCUT2D eigenvalue weighted by Crippen LogP contribution is 2.46. The van der Waals surface area contributed by atoms with Gasteiger partial charge in [-0.25, -0.2) is 18.2 Å². The quantitative estimate of drug-likeness (QED) is 0.284. The number of hydrogen-bond donors (Lipinski definition) is 3. The van der Waals surface area contributed by atoms with E-state index in [1.807, 2.05) is 66.7 Å². The van der Waals surface area contributed by atoms with Gasteiger partial charge in [0.1, 0.15) is 23.7 Å². The maximum Gasteiger partial charge on any atom is 0.407 e. The van der Waals surface area contributed by atoms with E-state index < -0.39 is 74.1 Å². The largest absolute Gasteiger partial charge is 0.472 e. The number of nitrogens with zero attached hydrogens (tertiary/aromatic N) is 2. The van der Waals surface area contributed by atoms with Crippen molar-refractivity contribution in [3.63, 3.8) is 0 Å². The van der Waals surface area contributed by atoms with E-state index in [1.165, 1.54) is 11.0 Å². The highest BCUT2D eigenvalue weighted by atomic mass is 32.2. The van der Waals surface area contributed by atoms with E-state index in [4.69, 9.17) is 14.5 Å². The summed E-state index contributed by atoms with van der Waals surface area (Å²) < 4.78 is 39.8. The summed E-state index contributed by atoms with van der Waals surface area (Å²) in [5, 5.41) is 6.55. The van der Waals surface area contributed by atoms with Crippen molar-refractivity contribution in [2.45, 2.75) is 88.3 Å². The van der Waals surface area contributed by atoms with Crippen LogP contribution < -0.4 is 20.1 Å². The van der Waals surface area contributed by atoms with Crippen LogP contribution in [-0.2, 0) is 29.1 Å². The van der Waals surface area contributed by atoms with Gasteiger partial charge in [-0.15, -0.1) is 6.58 Å². The second-order valence-electron chi connectivity index (χ2n) is 15.9. The Bertz CT molecular complexity index is 2160. The number of carbonyl (C=O) groups is 4. The maximum absolute atomic E-state index is 14.6. The van der Waals surface area contributed by atoms with Gasteiger partial charge in [-0.05, 0) is 60.6 Å². The van der Waals surface area contributed by atoms with Gasteiger partial charge in [-0.2, -0.15) is 0 Å². The first-order valence-electron chi connectivity index (χ1n) is 18.8.